The molecule has 2 heterocycles. The Kier molecular flexibility index (Phi) is 2.77. The maximum atomic E-state index is 5.61. The SMILES string of the molecule is CN1CC[C@]2(c3ccc4c(c3)OC=CO4)CCCCC12. The van der Waals surface area contributed by atoms with Crippen molar-refractivity contribution in [3.05, 3.63) is 36.3 Å². The number of fused-ring (bicyclic) bond motifs is 2. The Bertz CT molecular complexity index is 550. The lowest BCUT2D eigenvalue weighted by atomic mass is 9.66. The molecule has 3 aliphatic rings. The summed E-state index contributed by atoms with van der Waals surface area (Å²) in [6, 6.07) is 7.21. The normalized spacial score (nSPS) is 32.1. The molecule has 0 radical (unpaired) electrons. The van der Waals surface area contributed by atoms with Crippen molar-refractivity contribution in [2.24, 2.45) is 0 Å². The summed E-state index contributed by atoms with van der Waals surface area (Å²) in [6.07, 6.45) is 9.81. The first kappa shape index (κ1) is 12.3. The third-order valence-corrected chi connectivity index (χ3v) is 5.40. The second-order valence-corrected chi connectivity index (χ2v) is 6.32. The Balaban J connectivity index is 1.76. The Morgan fingerprint density at radius 1 is 1.10 bits per heavy atom. The number of hydrogen-bond acceptors (Lipinski definition) is 3. The Hall–Kier alpha value is -1.48. The predicted molar refractivity (Wildman–Crippen MR) is 78.0 cm³/mol. The van der Waals surface area contributed by atoms with E-state index in [4.69, 9.17) is 9.47 Å². The third kappa shape index (κ3) is 1.69. The minimum absolute atomic E-state index is 0.326. The third-order valence-electron chi connectivity index (χ3n) is 5.40. The zero-order valence-corrected chi connectivity index (χ0v) is 12.0. The van der Waals surface area contributed by atoms with Crippen molar-refractivity contribution in [1.82, 2.24) is 4.90 Å². The molecular weight excluding hydrogens is 250 g/mol. The van der Waals surface area contributed by atoms with Gasteiger partial charge in [0, 0.05) is 11.5 Å². The predicted octanol–water partition coefficient (Wildman–Crippen LogP) is 3.44. The lowest BCUT2D eigenvalue weighted by molar-refractivity contribution is 0.181. The average molecular weight is 271 g/mol. The van der Waals surface area contributed by atoms with Crippen molar-refractivity contribution in [1.29, 1.82) is 0 Å². The van der Waals surface area contributed by atoms with Crippen LogP contribution in [0.15, 0.2) is 30.7 Å². The van der Waals surface area contributed by atoms with Gasteiger partial charge < -0.3 is 14.4 Å². The first-order chi connectivity index (χ1) is 9.79. The summed E-state index contributed by atoms with van der Waals surface area (Å²) in [5, 5.41) is 0. The minimum Gasteiger partial charge on any atom is -0.458 e. The largest absolute Gasteiger partial charge is 0.458 e. The second-order valence-electron chi connectivity index (χ2n) is 6.32. The van der Waals surface area contributed by atoms with Crippen molar-refractivity contribution in [3.8, 4) is 11.5 Å². The molecule has 1 saturated heterocycles. The van der Waals surface area contributed by atoms with Gasteiger partial charge in [-0.15, -0.1) is 0 Å². The highest BCUT2D eigenvalue weighted by Gasteiger charge is 2.48. The van der Waals surface area contributed by atoms with Gasteiger partial charge in [0.05, 0.1) is 0 Å². The highest BCUT2D eigenvalue weighted by molar-refractivity contribution is 5.48. The molecule has 1 aliphatic carbocycles. The fourth-order valence-corrected chi connectivity index (χ4v) is 4.38. The number of likely N-dealkylation sites (tertiary alicyclic amines) is 1. The molecule has 3 heteroatoms. The molecule has 3 nitrogen and oxygen atoms in total. The summed E-state index contributed by atoms with van der Waals surface area (Å²) in [5.74, 6) is 1.68. The number of benzene rings is 1. The van der Waals surface area contributed by atoms with Crippen molar-refractivity contribution in [3.63, 3.8) is 0 Å². The molecule has 2 aliphatic heterocycles. The standard InChI is InChI=1S/C17H21NO2/c1-18-9-8-17(7-3-2-4-16(17)18)13-5-6-14-15(12-13)20-11-10-19-14/h5-6,10-12,16H,2-4,7-9H2,1H3/t16?,17-/m0/s1. The summed E-state index contributed by atoms with van der Waals surface area (Å²) in [7, 11) is 2.28. The smallest absolute Gasteiger partial charge is 0.169 e. The number of hydrogen-bond donors (Lipinski definition) is 0. The van der Waals surface area contributed by atoms with E-state index in [2.05, 4.69) is 30.1 Å². The maximum absolute atomic E-state index is 5.61. The van der Waals surface area contributed by atoms with Crippen LogP contribution in [0.3, 0.4) is 0 Å². The van der Waals surface area contributed by atoms with Crippen molar-refractivity contribution < 1.29 is 9.47 Å². The first-order valence-corrected chi connectivity index (χ1v) is 7.63. The van der Waals surface area contributed by atoms with Crippen LogP contribution in [-0.4, -0.2) is 24.5 Å². The van der Waals surface area contributed by atoms with Gasteiger partial charge in [-0.3, -0.25) is 0 Å². The van der Waals surface area contributed by atoms with E-state index >= 15 is 0 Å². The molecule has 0 bridgehead atoms. The van der Waals surface area contributed by atoms with Gasteiger partial charge in [-0.1, -0.05) is 18.9 Å². The number of nitrogens with zero attached hydrogens (tertiary/aromatic N) is 1. The fraction of sp³-hybridized carbons (Fsp3) is 0.529. The van der Waals surface area contributed by atoms with E-state index in [1.807, 2.05) is 0 Å². The quantitative estimate of drug-likeness (QED) is 0.781. The van der Waals surface area contributed by atoms with Gasteiger partial charge in [0.25, 0.3) is 0 Å². The lowest BCUT2D eigenvalue weighted by Crippen LogP contribution is -2.43. The molecule has 4 rings (SSSR count). The molecule has 2 fully saturated rings. The molecule has 1 aromatic rings. The molecular formula is C17H21NO2. The van der Waals surface area contributed by atoms with E-state index in [1.54, 1.807) is 12.5 Å². The Morgan fingerprint density at radius 2 is 1.95 bits per heavy atom. The van der Waals surface area contributed by atoms with E-state index < -0.39 is 0 Å². The van der Waals surface area contributed by atoms with E-state index in [0.29, 0.717) is 11.5 Å². The van der Waals surface area contributed by atoms with Gasteiger partial charge in [-0.25, -0.2) is 0 Å². The van der Waals surface area contributed by atoms with Gasteiger partial charge in [0.1, 0.15) is 12.5 Å². The molecule has 2 atom stereocenters. The summed E-state index contributed by atoms with van der Waals surface area (Å²) in [6.45, 7) is 1.21. The van der Waals surface area contributed by atoms with Crippen LogP contribution >= 0.6 is 0 Å². The van der Waals surface area contributed by atoms with E-state index in [0.717, 1.165) is 11.5 Å². The molecule has 0 N–H and O–H groups in total. The topological polar surface area (TPSA) is 21.7 Å². The number of ether oxygens (including phenoxy) is 2. The maximum Gasteiger partial charge on any atom is 0.169 e. The highest BCUT2D eigenvalue weighted by atomic mass is 16.5. The number of likely N-dealkylation sites (N-methyl/N-ethyl adjacent to an activating group) is 1. The first-order valence-electron chi connectivity index (χ1n) is 7.63. The van der Waals surface area contributed by atoms with Crippen LogP contribution < -0.4 is 9.47 Å². The van der Waals surface area contributed by atoms with E-state index in [-0.39, 0.29) is 0 Å². The second kappa shape index (κ2) is 4.52. The highest BCUT2D eigenvalue weighted by Crippen LogP contribution is 2.49. The van der Waals surface area contributed by atoms with Crippen molar-refractivity contribution >= 4 is 0 Å². The number of rotatable bonds is 1. The summed E-state index contributed by atoms with van der Waals surface area (Å²) in [4.78, 5) is 2.55. The van der Waals surface area contributed by atoms with Crippen LogP contribution in [0, 0.1) is 0 Å². The zero-order valence-electron chi connectivity index (χ0n) is 12.0. The molecule has 0 amide bonds. The Labute approximate surface area is 120 Å². The van der Waals surface area contributed by atoms with Crippen LogP contribution in [0.1, 0.15) is 37.7 Å². The average Bonchev–Trinajstić information content (AvgIpc) is 2.86. The van der Waals surface area contributed by atoms with Gasteiger partial charge >= 0.3 is 0 Å². The molecule has 0 spiro atoms. The summed E-state index contributed by atoms with van der Waals surface area (Å²) >= 11 is 0. The monoisotopic (exact) mass is 271 g/mol. The van der Waals surface area contributed by atoms with Gasteiger partial charge in [-0.05, 0) is 50.6 Å². The van der Waals surface area contributed by atoms with Crippen LogP contribution in [-0.2, 0) is 5.41 Å². The molecule has 20 heavy (non-hydrogen) atoms. The molecule has 1 saturated carbocycles. The molecule has 1 aromatic carbocycles. The summed E-state index contributed by atoms with van der Waals surface area (Å²) < 4.78 is 11.1. The molecule has 0 aromatic heterocycles. The van der Waals surface area contributed by atoms with Crippen LogP contribution in [0.5, 0.6) is 11.5 Å². The molecule has 1 unspecified atom stereocenters. The van der Waals surface area contributed by atoms with Gasteiger partial charge in [0.2, 0.25) is 0 Å². The zero-order chi connectivity index (χ0) is 13.6. The minimum atomic E-state index is 0.326. The van der Waals surface area contributed by atoms with Crippen LogP contribution in [0.25, 0.3) is 0 Å². The van der Waals surface area contributed by atoms with Crippen molar-refractivity contribution in [2.75, 3.05) is 13.6 Å². The lowest BCUT2D eigenvalue weighted by Gasteiger charge is -2.42. The van der Waals surface area contributed by atoms with E-state index in [9.17, 15) is 0 Å². The fourth-order valence-electron chi connectivity index (χ4n) is 4.38. The van der Waals surface area contributed by atoms with Crippen molar-refractivity contribution in [2.45, 2.75) is 43.6 Å². The van der Waals surface area contributed by atoms with Crippen LogP contribution in [0.4, 0.5) is 0 Å². The van der Waals surface area contributed by atoms with Gasteiger partial charge in [0.15, 0.2) is 11.5 Å². The van der Waals surface area contributed by atoms with E-state index in [1.165, 1.54) is 44.2 Å². The van der Waals surface area contributed by atoms with Crippen LogP contribution in [0.2, 0.25) is 0 Å². The Morgan fingerprint density at radius 3 is 2.85 bits per heavy atom. The van der Waals surface area contributed by atoms with Gasteiger partial charge in [-0.2, -0.15) is 0 Å². The summed E-state index contributed by atoms with van der Waals surface area (Å²) in [5.41, 5.74) is 1.76. The molecule has 106 valence electrons.